The Balaban J connectivity index is 2.44. The average Bonchev–Trinajstić information content (AvgIpc) is 2.34. The van der Waals surface area contributed by atoms with E-state index in [-0.39, 0.29) is 5.75 Å². The maximum absolute atomic E-state index is 12.0. The predicted octanol–water partition coefficient (Wildman–Crippen LogP) is -0.271. The Morgan fingerprint density at radius 3 is 2.59 bits per heavy atom. The molecule has 17 heavy (non-hydrogen) atoms. The molecule has 1 aliphatic heterocycles. The second-order valence-corrected chi connectivity index (χ2v) is 6.24. The van der Waals surface area contributed by atoms with Crippen molar-refractivity contribution in [3.05, 3.63) is 12.7 Å². The molecule has 0 aromatic rings. The Bertz CT molecular complexity index is 324. The molecule has 0 spiro atoms. The Labute approximate surface area is 105 Å². The molecule has 1 fully saturated rings. The molecule has 0 saturated carbocycles. The Hall–Kier alpha value is -0.430. The lowest BCUT2D eigenvalue weighted by Crippen LogP contribution is -2.46. The first-order valence-electron chi connectivity index (χ1n) is 6.12. The summed E-state index contributed by atoms with van der Waals surface area (Å²) in [5.74, 6) is 0.203. The van der Waals surface area contributed by atoms with Crippen LogP contribution in [0.5, 0.6) is 0 Å². The predicted molar refractivity (Wildman–Crippen MR) is 70.5 cm³/mol. The summed E-state index contributed by atoms with van der Waals surface area (Å²) in [6, 6.07) is 0. The number of piperazine rings is 1. The standard InChI is InChI=1S/C11H23N3O2S/c1-3-7-14(4-2)17(15,16)11-10-13-8-5-12-6-9-13/h3,12H,1,4-11H2,2H3. The number of rotatable bonds is 7. The first-order chi connectivity index (χ1) is 8.10. The largest absolute Gasteiger partial charge is 0.314 e. The maximum Gasteiger partial charge on any atom is 0.215 e. The monoisotopic (exact) mass is 261 g/mol. The van der Waals surface area contributed by atoms with Gasteiger partial charge < -0.3 is 5.32 Å². The minimum absolute atomic E-state index is 0.203. The van der Waals surface area contributed by atoms with Gasteiger partial charge in [0.15, 0.2) is 0 Å². The molecule has 1 rings (SSSR count). The van der Waals surface area contributed by atoms with Crippen LogP contribution in [-0.2, 0) is 10.0 Å². The van der Waals surface area contributed by atoms with E-state index < -0.39 is 10.0 Å². The van der Waals surface area contributed by atoms with Gasteiger partial charge in [-0.1, -0.05) is 13.0 Å². The van der Waals surface area contributed by atoms with Crippen molar-refractivity contribution in [2.75, 3.05) is 51.6 Å². The van der Waals surface area contributed by atoms with Gasteiger partial charge in [-0.2, -0.15) is 4.31 Å². The van der Waals surface area contributed by atoms with Crippen LogP contribution in [0, 0.1) is 0 Å². The SMILES string of the molecule is C=CCN(CC)S(=O)(=O)CCN1CCNCC1. The molecule has 0 aromatic heterocycles. The van der Waals surface area contributed by atoms with Crippen LogP contribution < -0.4 is 5.32 Å². The summed E-state index contributed by atoms with van der Waals surface area (Å²) in [5.41, 5.74) is 0. The van der Waals surface area contributed by atoms with Gasteiger partial charge in [-0.25, -0.2) is 8.42 Å². The second-order valence-electron chi connectivity index (χ2n) is 4.15. The molecule has 0 atom stereocenters. The highest BCUT2D eigenvalue weighted by Crippen LogP contribution is 2.03. The molecule has 0 radical (unpaired) electrons. The van der Waals surface area contributed by atoms with Crippen LogP contribution in [-0.4, -0.2) is 69.2 Å². The maximum atomic E-state index is 12.0. The molecule has 1 saturated heterocycles. The fourth-order valence-electron chi connectivity index (χ4n) is 1.89. The zero-order valence-electron chi connectivity index (χ0n) is 10.6. The summed E-state index contributed by atoms with van der Waals surface area (Å²) in [5, 5.41) is 3.25. The van der Waals surface area contributed by atoms with E-state index in [1.165, 1.54) is 4.31 Å². The number of hydrogen-bond donors (Lipinski definition) is 1. The number of hydrogen-bond acceptors (Lipinski definition) is 4. The molecular weight excluding hydrogens is 238 g/mol. The van der Waals surface area contributed by atoms with E-state index in [0.717, 1.165) is 26.2 Å². The smallest absolute Gasteiger partial charge is 0.215 e. The van der Waals surface area contributed by atoms with Gasteiger partial charge in [0.1, 0.15) is 0 Å². The molecule has 6 heteroatoms. The van der Waals surface area contributed by atoms with E-state index in [0.29, 0.717) is 19.6 Å². The molecule has 100 valence electrons. The Morgan fingerprint density at radius 1 is 1.41 bits per heavy atom. The van der Waals surface area contributed by atoms with Gasteiger partial charge in [0.2, 0.25) is 10.0 Å². The number of nitrogens with one attached hydrogen (secondary N) is 1. The van der Waals surface area contributed by atoms with E-state index in [9.17, 15) is 8.42 Å². The highest BCUT2D eigenvalue weighted by Gasteiger charge is 2.20. The van der Waals surface area contributed by atoms with Crippen molar-refractivity contribution in [2.24, 2.45) is 0 Å². The summed E-state index contributed by atoms with van der Waals surface area (Å²) < 4.78 is 25.5. The molecule has 0 bridgehead atoms. The fraction of sp³-hybridized carbons (Fsp3) is 0.818. The highest BCUT2D eigenvalue weighted by atomic mass is 32.2. The zero-order valence-corrected chi connectivity index (χ0v) is 11.4. The summed E-state index contributed by atoms with van der Waals surface area (Å²) in [6.45, 7) is 10.7. The van der Waals surface area contributed by atoms with Gasteiger partial charge in [0.05, 0.1) is 5.75 Å². The van der Waals surface area contributed by atoms with Crippen molar-refractivity contribution in [1.82, 2.24) is 14.5 Å². The van der Waals surface area contributed by atoms with Gasteiger partial charge in [0.25, 0.3) is 0 Å². The summed E-state index contributed by atoms with van der Waals surface area (Å²) in [4.78, 5) is 2.19. The van der Waals surface area contributed by atoms with Crippen LogP contribution in [0.4, 0.5) is 0 Å². The van der Waals surface area contributed by atoms with E-state index in [4.69, 9.17) is 0 Å². The molecule has 5 nitrogen and oxygen atoms in total. The van der Waals surface area contributed by atoms with Gasteiger partial charge in [0, 0.05) is 45.8 Å². The van der Waals surface area contributed by atoms with Crippen molar-refractivity contribution in [2.45, 2.75) is 6.92 Å². The lowest BCUT2D eigenvalue weighted by atomic mass is 10.4. The normalized spacial score (nSPS) is 18.5. The summed E-state index contributed by atoms with van der Waals surface area (Å²) >= 11 is 0. The first kappa shape index (κ1) is 14.6. The van der Waals surface area contributed by atoms with Crippen molar-refractivity contribution in [3.63, 3.8) is 0 Å². The number of nitrogens with zero attached hydrogens (tertiary/aromatic N) is 2. The second kappa shape index (κ2) is 7.10. The zero-order chi connectivity index (χ0) is 12.7. The van der Waals surface area contributed by atoms with Crippen LogP contribution in [0.3, 0.4) is 0 Å². The molecule has 1 heterocycles. The average molecular weight is 261 g/mol. The summed E-state index contributed by atoms with van der Waals surface area (Å²) in [6.07, 6.45) is 1.63. The van der Waals surface area contributed by atoms with Crippen LogP contribution in [0.15, 0.2) is 12.7 Å². The lowest BCUT2D eigenvalue weighted by molar-refractivity contribution is 0.252. The van der Waals surface area contributed by atoms with Gasteiger partial charge in [-0.3, -0.25) is 4.90 Å². The van der Waals surface area contributed by atoms with Gasteiger partial charge in [-0.05, 0) is 0 Å². The van der Waals surface area contributed by atoms with E-state index in [1.54, 1.807) is 6.08 Å². The molecule has 0 amide bonds. The van der Waals surface area contributed by atoms with Crippen molar-refractivity contribution < 1.29 is 8.42 Å². The summed E-state index contributed by atoms with van der Waals surface area (Å²) in [7, 11) is -3.13. The van der Waals surface area contributed by atoms with Crippen molar-refractivity contribution in [1.29, 1.82) is 0 Å². The molecule has 0 unspecified atom stereocenters. The minimum Gasteiger partial charge on any atom is -0.314 e. The van der Waals surface area contributed by atoms with Gasteiger partial charge >= 0.3 is 0 Å². The third-order valence-corrected chi connectivity index (χ3v) is 4.85. The molecule has 1 aliphatic rings. The molecule has 0 aliphatic carbocycles. The Kier molecular flexibility index (Phi) is 6.11. The third-order valence-electron chi connectivity index (χ3n) is 2.95. The minimum atomic E-state index is -3.13. The van der Waals surface area contributed by atoms with Crippen LogP contribution in [0.25, 0.3) is 0 Å². The molecular formula is C11H23N3O2S. The Morgan fingerprint density at radius 2 is 2.06 bits per heavy atom. The molecule has 1 N–H and O–H groups in total. The van der Waals surface area contributed by atoms with E-state index >= 15 is 0 Å². The number of likely N-dealkylation sites (N-methyl/N-ethyl adjacent to an activating group) is 1. The lowest BCUT2D eigenvalue weighted by Gasteiger charge is -2.28. The third kappa shape index (κ3) is 4.75. The van der Waals surface area contributed by atoms with Crippen LogP contribution >= 0.6 is 0 Å². The van der Waals surface area contributed by atoms with Gasteiger partial charge in [-0.15, -0.1) is 6.58 Å². The quantitative estimate of drug-likeness (QED) is 0.641. The first-order valence-corrected chi connectivity index (χ1v) is 7.73. The van der Waals surface area contributed by atoms with E-state index in [1.807, 2.05) is 6.92 Å². The van der Waals surface area contributed by atoms with Crippen LogP contribution in [0.2, 0.25) is 0 Å². The number of sulfonamides is 1. The highest BCUT2D eigenvalue weighted by molar-refractivity contribution is 7.89. The molecule has 0 aromatic carbocycles. The van der Waals surface area contributed by atoms with E-state index in [2.05, 4.69) is 16.8 Å². The fourth-order valence-corrected chi connectivity index (χ4v) is 3.36. The van der Waals surface area contributed by atoms with Crippen LogP contribution in [0.1, 0.15) is 6.92 Å². The van der Waals surface area contributed by atoms with Crippen molar-refractivity contribution >= 4 is 10.0 Å². The van der Waals surface area contributed by atoms with Crippen molar-refractivity contribution in [3.8, 4) is 0 Å². The topological polar surface area (TPSA) is 52.7 Å².